The van der Waals surface area contributed by atoms with E-state index in [1.165, 1.54) is 0 Å². The van der Waals surface area contributed by atoms with Gasteiger partial charge < -0.3 is 0 Å². The first-order valence-corrected chi connectivity index (χ1v) is 3.80. The highest BCUT2D eigenvalue weighted by Gasteiger charge is 2.01. The lowest BCUT2D eigenvalue weighted by Crippen LogP contribution is -2.00. The summed E-state index contributed by atoms with van der Waals surface area (Å²) in [6.45, 7) is 6.15. The molecule has 1 heterocycles. The third-order valence-electron chi connectivity index (χ3n) is 1.42. The van der Waals surface area contributed by atoms with E-state index in [2.05, 4.69) is 31.6 Å². The van der Waals surface area contributed by atoms with E-state index < -0.39 is 0 Å². The molecule has 2 nitrogen and oxygen atoms in total. The molecule has 0 fully saturated rings. The average molecular weight is 156 g/mol. The summed E-state index contributed by atoms with van der Waals surface area (Å²) in [5.41, 5.74) is 0.997. The van der Waals surface area contributed by atoms with Crippen molar-refractivity contribution >= 4 is 12.6 Å². The molecule has 3 heteroatoms. The van der Waals surface area contributed by atoms with Crippen molar-refractivity contribution in [3.63, 3.8) is 0 Å². The van der Waals surface area contributed by atoms with Crippen LogP contribution in [-0.4, -0.2) is 9.78 Å². The predicted octanol–water partition coefficient (Wildman–Crippen LogP) is 2.06. The zero-order valence-electron chi connectivity index (χ0n) is 6.50. The number of rotatable bonds is 1. The van der Waals surface area contributed by atoms with Crippen LogP contribution in [0.4, 0.5) is 0 Å². The zero-order chi connectivity index (χ0) is 7.72. The van der Waals surface area contributed by atoms with Gasteiger partial charge in [-0.05, 0) is 20.8 Å². The topological polar surface area (TPSA) is 17.8 Å². The Morgan fingerprint density at radius 1 is 1.60 bits per heavy atom. The minimum absolute atomic E-state index is 0.430. The van der Waals surface area contributed by atoms with E-state index in [4.69, 9.17) is 0 Å². The van der Waals surface area contributed by atoms with Gasteiger partial charge in [-0.1, -0.05) is 0 Å². The molecule has 0 spiro atoms. The van der Waals surface area contributed by atoms with Crippen molar-refractivity contribution in [1.29, 1.82) is 0 Å². The largest absolute Gasteiger partial charge is 0.269 e. The van der Waals surface area contributed by atoms with Crippen molar-refractivity contribution < 1.29 is 0 Å². The normalized spacial score (nSPS) is 10.9. The van der Waals surface area contributed by atoms with Crippen LogP contribution in [0, 0.1) is 6.92 Å². The SMILES string of the molecule is Cc1nn(C(C)C)cc1S. The van der Waals surface area contributed by atoms with Crippen LogP contribution in [0.15, 0.2) is 11.1 Å². The Kier molecular flexibility index (Phi) is 2.04. The lowest BCUT2D eigenvalue weighted by molar-refractivity contribution is 0.528. The first kappa shape index (κ1) is 7.66. The van der Waals surface area contributed by atoms with Gasteiger partial charge >= 0.3 is 0 Å². The molecular weight excluding hydrogens is 144 g/mol. The summed E-state index contributed by atoms with van der Waals surface area (Å²) >= 11 is 4.23. The number of hydrogen-bond acceptors (Lipinski definition) is 2. The highest BCUT2D eigenvalue weighted by Crippen LogP contribution is 2.12. The van der Waals surface area contributed by atoms with Crippen LogP contribution in [0.25, 0.3) is 0 Å². The Morgan fingerprint density at radius 2 is 2.20 bits per heavy atom. The maximum atomic E-state index is 4.25. The highest BCUT2D eigenvalue weighted by molar-refractivity contribution is 7.80. The molecule has 0 amide bonds. The quantitative estimate of drug-likeness (QED) is 0.616. The van der Waals surface area contributed by atoms with Gasteiger partial charge in [-0.2, -0.15) is 5.10 Å². The van der Waals surface area contributed by atoms with Crippen molar-refractivity contribution in [3.8, 4) is 0 Å². The van der Waals surface area contributed by atoms with Gasteiger partial charge in [0.1, 0.15) is 0 Å². The van der Waals surface area contributed by atoms with Crippen LogP contribution in [0.2, 0.25) is 0 Å². The predicted molar refractivity (Wildman–Crippen MR) is 44.6 cm³/mol. The van der Waals surface area contributed by atoms with Crippen LogP contribution in [-0.2, 0) is 0 Å². The monoisotopic (exact) mass is 156 g/mol. The molecule has 0 aliphatic carbocycles. The average Bonchev–Trinajstić information content (AvgIpc) is 2.13. The van der Waals surface area contributed by atoms with Gasteiger partial charge in [0.25, 0.3) is 0 Å². The summed E-state index contributed by atoms with van der Waals surface area (Å²) in [6.07, 6.45) is 1.95. The summed E-state index contributed by atoms with van der Waals surface area (Å²) < 4.78 is 1.91. The van der Waals surface area contributed by atoms with E-state index in [0.717, 1.165) is 10.6 Å². The lowest BCUT2D eigenvalue weighted by Gasteiger charge is -2.02. The van der Waals surface area contributed by atoms with E-state index in [9.17, 15) is 0 Å². The van der Waals surface area contributed by atoms with Crippen molar-refractivity contribution in [2.75, 3.05) is 0 Å². The first-order valence-electron chi connectivity index (χ1n) is 3.36. The molecule has 0 aliphatic heterocycles. The van der Waals surface area contributed by atoms with E-state index in [1.54, 1.807) is 0 Å². The number of nitrogens with zero attached hydrogens (tertiary/aromatic N) is 2. The van der Waals surface area contributed by atoms with Crippen LogP contribution in [0.1, 0.15) is 25.6 Å². The van der Waals surface area contributed by atoms with Crippen molar-refractivity contribution in [1.82, 2.24) is 9.78 Å². The number of thiol groups is 1. The fraction of sp³-hybridized carbons (Fsp3) is 0.571. The first-order chi connectivity index (χ1) is 4.61. The minimum atomic E-state index is 0.430. The van der Waals surface area contributed by atoms with Gasteiger partial charge in [0.2, 0.25) is 0 Å². The summed E-state index contributed by atoms with van der Waals surface area (Å²) in [7, 11) is 0. The standard InChI is InChI=1S/C7H12N2S/c1-5(2)9-4-7(10)6(3)8-9/h4-5,10H,1-3H3. The zero-order valence-corrected chi connectivity index (χ0v) is 7.39. The van der Waals surface area contributed by atoms with Gasteiger partial charge in [-0.15, -0.1) is 12.6 Å². The van der Waals surface area contributed by atoms with Gasteiger partial charge in [0.05, 0.1) is 5.69 Å². The number of hydrogen-bond donors (Lipinski definition) is 1. The third kappa shape index (κ3) is 1.34. The van der Waals surface area contributed by atoms with Gasteiger partial charge in [0.15, 0.2) is 0 Å². The molecule has 0 aromatic carbocycles. The molecule has 0 saturated carbocycles. The number of aromatic nitrogens is 2. The van der Waals surface area contributed by atoms with Crippen LogP contribution < -0.4 is 0 Å². The smallest absolute Gasteiger partial charge is 0.0727 e. The molecule has 0 radical (unpaired) electrons. The van der Waals surface area contributed by atoms with Crippen molar-refractivity contribution in [3.05, 3.63) is 11.9 Å². The Bertz CT molecular complexity index is 208. The van der Waals surface area contributed by atoms with Crippen LogP contribution in [0.3, 0.4) is 0 Å². The molecule has 0 aliphatic rings. The summed E-state index contributed by atoms with van der Waals surface area (Å²) in [6, 6.07) is 0.430. The molecule has 1 aromatic rings. The molecule has 0 atom stereocenters. The third-order valence-corrected chi connectivity index (χ3v) is 1.86. The second-order valence-electron chi connectivity index (χ2n) is 2.67. The summed E-state index contributed by atoms with van der Waals surface area (Å²) in [4.78, 5) is 0.966. The second kappa shape index (κ2) is 2.66. The van der Waals surface area contributed by atoms with Crippen molar-refractivity contribution in [2.45, 2.75) is 31.7 Å². The minimum Gasteiger partial charge on any atom is -0.269 e. The highest BCUT2D eigenvalue weighted by atomic mass is 32.1. The second-order valence-corrected chi connectivity index (χ2v) is 3.16. The molecule has 0 bridgehead atoms. The molecule has 56 valence electrons. The summed E-state index contributed by atoms with van der Waals surface area (Å²) in [5.74, 6) is 0. The molecule has 1 rings (SSSR count). The molecule has 10 heavy (non-hydrogen) atoms. The maximum absolute atomic E-state index is 4.25. The number of aryl methyl sites for hydroxylation is 1. The fourth-order valence-corrected chi connectivity index (χ4v) is 0.900. The Hall–Kier alpha value is -0.440. The van der Waals surface area contributed by atoms with Gasteiger partial charge in [-0.3, -0.25) is 4.68 Å². The van der Waals surface area contributed by atoms with Gasteiger partial charge in [-0.25, -0.2) is 0 Å². The molecule has 0 unspecified atom stereocenters. The summed E-state index contributed by atoms with van der Waals surface area (Å²) in [5, 5.41) is 4.25. The molecular formula is C7H12N2S. The fourth-order valence-electron chi connectivity index (χ4n) is 0.737. The van der Waals surface area contributed by atoms with E-state index >= 15 is 0 Å². The Morgan fingerprint density at radius 3 is 2.40 bits per heavy atom. The molecule has 0 saturated heterocycles. The van der Waals surface area contributed by atoms with Gasteiger partial charge in [0, 0.05) is 17.1 Å². The Balaban J connectivity index is 2.98. The van der Waals surface area contributed by atoms with Crippen LogP contribution >= 0.6 is 12.6 Å². The molecule has 0 N–H and O–H groups in total. The molecule has 1 aromatic heterocycles. The van der Waals surface area contributed by atoms with Crippen LogP contribution in [0.5, 0.6) is 0 Å². The van der Waals surface area contributed by atoms with E-state index in [-0.39, 0.29) is 0 Å². The van der Waals surface area contributed by atoms with E-state index in [1.807, 2.05) is 17.8 Å². The lowest BCUT2D eigenvalue weighted by atomic mass is 10.4. The van der Waals surface area contributed by atoms with Crippen molar-refractivity contribution in [2.24, 2.45) is 0 Å². The maximum Gasteiger partial charge on any atom is 0.0727 e. The van der Waals surface area contributed by atoms with E-state index in [0.29, 0.717) is 6.04 Å². The Labute approximate surface area is 66.7 Å².